The molecule has 2 rings (SSSR count). The van der Waals surface area contributed by atoms with E-state index in [4.69, 9.17) is 9.84 Å². The lowest BCUT2D eigenvalue weighted by atomic mass is 10.2. The largest absolute Gasteiger partial charge is 0.477 e. The molecule has 0 radical (unpaired) electrons. The van der Waals surface area contributed by atoms with Crippen molar-refractivity contribution in [2.45, 2.75) is 26.1 Å². The molecule has 1 aromatic rings. The highest BCUT2D eigenvalue weighted by Gasteiger charge is 2.30. The summed E-state index contributed by atoms with van der Waals surface area (Å²) in [4.78, 5) is 31.0. The molecule has 2 atom stereocenters. The number of rotatable bonds is 2. The molecule has 0 aromatic carbocycles. The Morgan fingerprint density at radius 3 is 2.61 bits per heavy atom. The van der Waals surface area contributed by atoms with Crippen molar-refractivity contribution in [3.63, 3.8) is 0 Å². The van der Waals surface area contributed by atoms with Crippen LogP contribution in [0.4, 0.5) is 0 Å². The fourth-order valence-electron chi connectivity index (χ4n) is 2.11. The van der Waals surface area contributed by atoms with Crippen LogP contribution in [0.25, 0.3) is 0 Å². The molecule has 1 aliphatic heterocycles. The number of carbonyl (C=O) groups excluding carboxylic acids is 1. The quantitative estimate of drug-likeness (QED) is 0.793. The van der Waals surface area contributed by atoms with Crippen LogP contribution >= 0.6 is 0 Å². The third-order valence-corrected chi connectivity index (χ3v) is 2.76. The normalized spacial score (nSPS) is 24.0. The van der Waals surface area contributed by atoms with Crippen LogP contribution in [-0.2, 0) is 4.74 Å². The van der Waals surface area contributed by atoms with Gasteiger partial charge in [-0.2, -0.15) is 0 Å². The van der Waals surface area contributed by atoms with Crippen LogP contribution in [-0.4, -0.2) is 57.1 Å². The first kappa shape index (κ1) is 12.6. The number of hydrogen-bond donors (Lipinski definition) is 2. The number of carboxylic acids is 1. The van der Waals surface area contributed by atoms with E-state index in [0.29, 0.717) is 13.1 Å². The standard InChI is InChI=1S/C11H15N3O4/c1-6-3-14(4-7(2)18-6)10(15)8-9(11(16)17)13-5-12-8/h5-7H,3-4H2,1-2H3,(H,12,13)(H,16,17)/t6-,7+. The van der Waals surface area contributed by atoms with E-state index in [1.54, 1.807) is 4.90 Å². The summed E-state index contributed by atoms with van der Waals surface area (Å²) in [5.74, 6) is -1.57. The van der Waals surface area contributed by atoms with Gasteiger partial charge in [-0.05, 0) is 13.8 Å². The average molecular weight is 253 g/mol. The van der Waals surface area contributed by atoms with Crippen LogP contribution in [0.5, 0.6) is 0 Å². The van der Waals surface area contributed by atoms with E-state index in [2.05, 4.69) is 9.97 Å². The number of aromatic nitrogens is 2. The molecule has 1 aromatic heterocycles. The molecular formula is C11H15N3O4. The first-order valence-electron chi connectivity index (χ1n) is 5.70. The predicted octanol–water partition coefficient (Wildman–Crippen LogP) is 0.357. The van der Waals surface area contributed by atoms with Gasteiger partial charge >= 0.3 is 5.97 Å². The van der Waals surface area contributed by atoms with E-state index in [-0.39, 0.29) is 29.5 Å². The zero-order valence-electron chi connectivity index (χ0n) is 10.2. The third-order valence-electron chi connectivity index (χ3n) is 2.76. The minimum atomic E-state index is -1.19. The number of H-pyrrole nitrogens is 1. The lowest BCUT2D eigenvalue weighted by molar-refractivity contribution is -0.0587. The van der Waals surface area contributed by atoms with E-state index in [0.717, 1.165) is 0 Å². The Labute approximate surface area is 104 Å². The summed E-state index contributed by atoms with van der Waals surface area (Å²) in [5, 5.41) is 8.94. The van der Waals surface area contributed by atoms with Gasteiger partial charge in [0.25, 0.3) is 5.91 Å². The number of aromatic carboxylic acids is 1. The number of imidazole rings is 1. The minimum Gasteiger partial charge on any atom is -0.477 e. The molecule has 0 aliphatic carbocycles. The number of carbonyl (C=O) groups is 2. The van der Waals surface area contributed by atoms with Crippen molar-refractivity contribution >= 4 is 11.9 Å². The van der Waals surface area contributed by atoms with Gasteiger partial charge in [-0.25, -0.2) is 9.78 Å². The number of ether oxygens (including phenoxy) is 1. The summed E-state index contributed by atoms with van der Waals surface area (Å²) in [7, 11) is 0. The van der Waals surface area contributed by atoms with Crippen molar-refractivity contribution in [1.82, 2.24) is 14.9 Å². The van der Waals surface area contributed by atoms with Crippen LogP contribution in [0.1, 0.15) is 34.8 Å². The van der Waals surface area contributed by atoms with Gasteiger partial charge in [-0.3, -0.25) is 4.79 Å². The molecule has 1 aliphatic rings. The topological polar surface area (TPSA) is 95.5 Å². The Hall–Kier alpha value is -1.89. The molecule has 1 saturated heterocycles. The molecule has 2 N–H and O–H groups in total. The van der Waals surface area contributed by atoms with Crippen LogP contribution in [0.15, 0.2) is 6.33 Å². The molecule has 1 fully saturated rings. The molecule has 98 valence electrons. The Bertz CT molecular complexity index is 461. The van der Waals surface area contributed by atoms with Crippen molar-refractivity contribution < 1.29 is 19.4 Å². The second-order valence-electron chi connectivity index (χ2n) is 4.40. The molecule has 0 bridgehead atoms. The lowest BCUT2D eigenvalue weighted by Gasteiger charge is -2.35. The zero-order valence-corrected chi connectivity index (χ0v) is 10.2. The number of morpholine rings is 1. The summed E-state index contributed by atoms with van der Waals surface area (Å²) >= 11 is 0. The fraction of sp³-hybridized carbons (Fsp3) is 0.545. The SMILES string of the molecule is C[C@@H]1CN(C(=O)c2nc[nH]c2C(=O)O)C[C@H](C)O1. The zero-order chi connectivity index (χ0) is 13.3. The van der Waals surface area contributed by atoms with Gasteiger partial charge in [0.05, 0.1) is 18.5 Å². The van der Waals surface area contributed by atoms with Crippen molar-refractivity contribution in [1.29, 1.82) is 0 Å². The van der Waals surface area contributed by atoms with E-state index in [9.17, 15) is 9.59 Å². The first-order chi connectivity index (χ1) is 8.49. The van der Waals surface area contributed by atoms with Gasteiger partial charge in [0, 0.05) is 13.1 Å². The maximum absolute atomic E-state index is 12.2. The minimum absolute atomic E-state index is 0.0520. The number of hydrogen-bond acceptors (Lipinski definition) is 4. The van der Waals surface area contributed by atoms with Crippen LogP contribution < -0.4 is 0 Å². The highest BCUT2D eigenvalue weighted by Crippen LogP contribution is 2.14. The fourth-order valence-corrected chi connectivity index (χ4v) is 2.11. The van der Waals surface area contributed by atoms with Crippen LogP contribution in [0.2, 0.25) is 0 Å². The summed E-state index contributed by atoms with van der Waals surface area (Å²) in [6.07, 6.45) is 1.08. The molecule has 0 saturated carbocycles. The second-order valence-corrected chi connectivity index (χ2v) is 4.40. The van der Waals surface area contributed by atoms with Gasteiger partial charge in [-0.15, -0.1) is 0 Å². The molecule has 18 heavy (non-hydrogen) atoms. The Morgan fingerprint density at radius 1 is 1.44 bits per heavy atom. The van der Waals surface area contributed by atoms with Crippen LogP contribution in [0.3, 0.4) is 0 Å². The third kappa shape index (κ3) is 2.35. The maximum Gasteiger partial charge on any atom is 0.354 e. The summed E-state index contributed by atoms with van der Waals surface area (Å²) in [5.41, 5.74) is -0.226. The van der Waals surface area contributed by atoms with E-state index in [1.165, 1.54) is 6.33 Å². The van der Waals surface area contributed by atoms with Crippen molar-refractivity contribution in [3.05, 3.63) is 17.7 Å². The van der Waals surface area contributed by atoms with Crippen molar-refractivity contribution in [3.8, 4) is 0 Å². The van der Waals surface area contributed by atoms with E-state index < -0.39 is 5.97 Å². The highest BCUT2D eigenvalue weighted by molar-refractivity contribution is 6.02. The summed E-state index contributed by atoms with van der Waals surface area (Å²) in [6, 6.07) is 0. The van der Waals surface area contributed by atoms with Gasteiger partial charge in [0.2, 0.25) is 0 Å². The van der Waals surface area contributed by atoms with Crippen molar-refractivity contribution in [2.24, 2.45) is 0 Å². The molecule has 7 heteroatoms. The molecule has 7 nitrogen and oxygen atoms in total. The van der Waals surface area contributed by atoms with Crippen LogP contribution in [0, 0.1) is 0 Å². The highest BCUT2D eigenvalue weighted by atomic mass is 16.5. The monoisotopic (exact) mass is 253 g/mol. The molecule has 0 unspecified atom stereocenters. The van der Waals surface area contributed by atoms with Gasteiger partial charge in [0.1, 0.15) is 0 Å². The number of nitrogens with one attached hydrogen (secondary N) is 1. The van der Waals surface area contributed by atoms with Gasteiger partial charge in [0.15, 0.2) is 11.4 Å². The molecular weight excluding hydrogens is 238 g/mol. The maximum atomic E-state index is 12.2. The lowest BCUT2D eigenvalue weighted by Crippen LogP contribution is -2.48. The molecule has 1 amide bonds. The number of nitrogens with zero attached hydrogens (tertiary/aromatic N) is 2. The Balaban J connectivity index is 2.20. The molecule has 0 spiro atoms. The number of aromatic amines is 1. The van der Waals surface area contributed by atoms with Gasteiger partial charge < -0.3 is 19.7 Å². The first-order valence-corrected chi connectivity index (χ1v) is 5.70. The summed E-state index contributed by atoms with van der Waals surface area (Å²) < 4.78 is 5.52. The smallest absolute Gasteiger partial charge is 0.354 e. The van der Waals surface area contributed by atoms with Gasteiger partial charge in [-0.1, -0.05) is 0 Å². The average Bonchev–Trinajstić information content (AvgIpc) is 2.75. The Kier molecular flexibility index (Phi) is 3.33. The number of amides is 1. The summed E-state index contributed by atoms with van der Waals surface area (Å²) in [6.45, 7) is 4.63. The second kappa shape index (κ2) is 4.77. The van der Waals surface area contributed by atoms with E-state index in [1.807, 2.05) is 13.8 Å². The predicted molar refractivity (Wildman–Crippen MR) is 61.5 cm³/mol. The van der Waals surface area contributed by atoms with Crippen molar-refractivity contribution in [2.75, 3.05) is 13.1 Å². The number of carboxylic acid groups (broad SMARTS) is 1. The Morgan fingerprint density at radius 2 is 2.06 bits per heavy atom. The molecule has 2 heterocycles. The van der Waals surface area contributed by atoms with E-state index >= 15 is 0 Å².